The number of rotatable bonds is 6. The number of nitriles is 1. The molecule has 0 aliphatic heterocycles. The summed E-state index contributed by atoms with van der Waals surface area (Å²) < 4.78 is 7.12. The van der Waals surface area contributed by atoms with Crippen molar-refractivity contribution in [2.75, 3.05) is 13.7 Å². The molecule has 0 aromatic carbocycles. The SMILES string of the molecule is COCCC[n+]1cc[nH]c1CCC#N. The van der Waals surface area contributed by atoms with Crippen LogP contribution in [0, 0.1) is 11.3 Å². The lowest BCUT2D eigenvalue weighted by Crippen LogP contribution is -2.36. The number of methoxy groups -OCH3 is 1. The molecule has 4 heteroatoms. The van der Waals surface area contributed by atoms with Crippen LogP contribution in [0.5, 0.6) is 0 Å². The number of aromatic nitrogens is 2. The van der Waals surface area contributed by atoms with E-state index >= 15 is 0 Å². The Kier molecular flexibility index (Phi) is 4.73. The molecule has 4 nitrogen and oxygen atoms in total. The Morgan fingerprint density at radius 1 is 1.64 bits per heavy atom. The van der Waals surface area contributed by atoms with E-state index in [1.54, 1.807) is 7.11 Å². The monoisotopic (exact) mass is 194 g/mol. The molecule has 0 saturated carbocycles. The zero-order chi connectivity index (χ0) is 10.2. The van der Waals surface area contributed by atoms with Crippen molar-refractivity contribution in [2.45, 2.75) is 25.8 Å². The summed E-state index contributed by atoms with van der Waals surface area (Å²) in [6, 6.07) is 2.14. The Morgan fingerprint density at radius 3 is 3.21 bits per heavy atom. The zero-order valence-corrected chi connectivity index (χ0v) is 8.49. The van der Waals surface area contributed by atoms with Crippen LogP contribution in [-0.2, 0) is 17.7 Å². The fraction of sp³-hybridized carbons (Fsp3) is 0.600. The number of hydrogen-bond acceptors (Lipinski definition) is 2. The Balaban J connectivity index is 2.42. The summed E-state index contributed by atoms with van der Waals surface area (Å²) in [6.07, 6.45) is 6.25. The van der Waals surface area contributed by atoms with Crippen molar-refractivity contribution in [3.8, 4) is 6.07 Å². The Labute approximate surface area is 84.1 Å². The minimum atomic E-state index is 0.560. The molecular weight excluding hydrogens is 178 g/mol. The number of aromatic amines is 1. The number of imidazole rings is 1. The average molecular weight is 194 g/mol. The van der Waals surface area contributed by atoms with Crippen molar-refractivity contribution in [3.63, 3.8) is 0 Å². The van der Waals surface area contributed by atoms with Gasteiger partial charge < -0.3 is 4.74 Å². The molecule has 0 spiro atoms. The molecule has 76 valence electrons. The van der Waals surface area contributed by atoms with Gasteiger partial charge in [0.15, 0.2) is 0 Å². The first kappa shape index (κ1) is 10.7. The van der Waals surface area contributed by atoms with Gasteiger partial charge in [0.2, 0.25) is 0 Å². The highest BCUT2D eigenvalue weighted by Gasteiger charge is 2.08. The number of hydrogen-bond donors (Lipinski definition) is 1. The van der Waals surface area contributed by atoms with Crippen molar-refractivity contribution >= 4 is 0 Å². The lowest BCUT2D eigenvalue weighted by molar-refractivity contribution is -0.703. The molecule has 0 bridgehead atoms. The number of nitrogens with zero attached hydrogens (tertiary/aromatic N) is 2. The summed E-state index contributed by atoms with van der Waals surface area (Å²) in [5.74, 6) is 1.11. The maximum absolute atomic E-state index is 8.48. The van der Waals surface area contributed by atoms with E-state index in [9.17, 15) is 0 Å². The molecule has 1 aromatic heterocycles. The van der Waals surface area contributed by atoms with E-state index in [1.807, 2.05) is 12.4 Å². The van der Waals surface area contributed by atoms with Crippen molar-refractivity contribution in [1.29, 1.82) is 5.26 Å². The zero-order valence-electron chi connectivity index (χ0n) is 8.49. The summed E-state index contributed by atoms with van der Waals surface area (Å²) in [5, 5.41) is 8.48. The highest BCUT2D eigenvalue weighted by molar-refractivity contribution is 4.82. The van der Waals surface area contributed by atoms with Crippen LogP contribution in [-0.4, -0.2) is 18.7 Å². The first-order valence-electron chi connectivity index (χ1n) is 4.80. The predicted octanol–water partition coefficient (Wildman–Crippen LogP) is 0.795. The van der Waals surface area contributed by atoms with Crippen LogP contribution < -0.4 is 4.57 Å². The first-order chi connectivity index (χ1) is 6.88. The van der Waals surface area contributed by atoms with Crippen LogP contribution in [0.4, 0.5) is 0 Å². The molecule has 0 amide bonds. The standard InChI is InChI=1S/C10H15N3O/c1-14-9-3-7-13-8-6-12-10(13)4-2-5-11/h6,8H,2-4,7,9H2,1H3/p+1. The number of H-pyrrole nitrogens is 1. The van der Waals surface area contributed by atoms with E-state index in [2.05, 4.69) is 15.6 Å². The summed E-state index contributed by atoms with van der Waals surface area (Å²) in [7, 11) is 1.71. The van der Waals surface area contributed by atoms with Gasteiger partial charge in [-0.15, -0.1) is 0 Å². The normalized spacial score (nSPS) is 10.0. The summed E-state index contributed by atoms with van der Waals surface area (Å²) in [4.78, 5) is 3.14. The van der Waals surface area contributed by atoms with E-state index < -0.39 is 0 Å². The lowest BCUT2D eigenvalue weighted by Gasteiger charge is -1.99. The molecule has 14 heavy (non-hydrogen) atoms. The molecule has 0 atom stereocenters. The third-order valence-corrected chi connectivity index (χ3v) is 2.07. The van der Waals surface area contributed by atoms with Crippen molar-refractivity contribution in [2.24, 2.45) is 0 Å². The van der Waals surface area contributed by atoms with Gasteiger partial charge in [-0.2, -0.15) is 5.26 Å². The maximum atomic E-state index is 8.48. The summed E-state index contributed by atoms with van der Waals surface area (Å²) in [6.45, 7) is 1.72. The van der Waals surface area contributed by atoms with Crippen molar-refractivity contribution in [3.05, 3.63) is 18.2 Å². The third kappa shape index (κ3) is 3.19. The molecule has 1 heterocycles. The minimum Gasteiger partial charge on any atom is -0.385 e. The molecule has 0 unspecified atom stereocenters. The second kappa shape index (κ2) is 6.17. The van der Waals surface area contributed by atoms with E-state index in [-0.39, 0.29) is 0 Å². The van der Waals surface area contributed by atoms with Gasteiger partial charge in [0.25, 0.3) is 5.82 Å². The fourth-order valence-corrected chi connectivity index (χ4v) is 1.38. The van der Waals surface area contributed by atoms with Gasteiger partial charge in [0.05, 0.1) is 19.0 Å². The molecular formula is C10H16N3O+. The van der Waals surface area contributed by atoms with Crippen LogP contribution in [0.15, 0.2) is 12.4 Å². The molecule has 1 N–H and O–H groups in total. The van der Waals surface area contributed by atoms with Crippen LogP contribution in [0.3, 0.4) is 0 Å². The molecule has 0 aliphatic rings. The van der Waals surface area contributed by atoms with Crippen LogP contribution >= 0.6 is 0 Å². The third-order valence-electron chi connectivity index (χ3n) is 2.07. The smallest absolute Gasteiger partial charge is 0.255 e. The molecule has 1 rings (SSSR count). The van der Waals surface area contributed by atoms with Gasteiger partial charge in [-0.3, -0.25) is 0 Å². The van der Waals surface area contributed by atoms with E-state index in [4.69, 9.17) is 10.00 Å². The fourth-order valence-electron chi connectivity index (χ4n) is 1.38. The summed E-state index contributed by atoms with van der Waals surface area (Å²) >= 11 is 0. The quantitative estimate of drug-likeness (QED) is 0.538. The second-order valence-corrected chi connectivity index (χ2v) is 3.10. The van der Waals surface area contributed by atoms with E-state index in [0.29, 0.717) is 6.42 Å². The maximum Gasteiger partial charge on any atom is 0.255 e. The van der Waals surface area contributed by atoms with Gasteiger partial charge in [0.1, 0.15) is 12.4 Å². The molecule has 0 fully saturated rings. The molecule has 0 radical (unpaired) electrons. The highest BCUT2D eigenvalue weighted by atomic mass is 16.5. The van der Waals surface area contributed by atoms with Crippen LogP contribution in [0.2, 0.25) is 0 Å². The molecule has 0 aliphatic carbocycles. The van der Waals surface area contributed by atoms with E-state index in [0.717, 1.165) is 31.8 Å². The van der Waals surface area contributed by atoms with Gasteiger partial charge in [0, 0.05) is 26.6 Å². The topological polar surface area (TPSA) is 52.7 Å². The van der Waals surface area contributed by atoms with Gasteiger partial charge in [-0.05, 0) is 0 Å². The van der Waals surface area contributed by atoms with E-state index in [1.165, 1.54) is 0 Å². The largest absolute Gasteiger partial charge is 0.385 e. The molecule has 0 saturated heterocycles. The summed E-state index contributed by atoms with van der Waals surface area (Å²) in [5.41, 5.74) is 0. The lowest BCUT2D eigenvalue weighted by atomic mass is 10.3. The Hall–Kier alpha value is -1.34. The predicted molar refractivity (Wildman–Crippen MR) is 51.4 cm³/mol. The van der Waals surface area contributed by atoms with Gasteiger partial charge in [-0.25, -0.2) is 9.55 Å². The van der Waals surface area contributed by atoms with Crippen molar-refractivity contribution < 1.29 is 9.30 Å². The van der Waals surface area contributed by atoms with Gasteiger partial charge >= 0.3 is 0 Å². The minimum absolute atomic E-state index is 0.560. The Bertz CT molecular complexity index is 301. The first-order valence-corrected chi connectivity index (χ1v) is 4.80. The second-order valence-electron chi connectivity index (χ2n) is 3.10. The number of ether oxygens (including phenoxy) is 1. The number of nitrogens with one attached hydrogen (secondary N) is 1. The average Bonchev–Trinajstić information content (AvgIpc) is 2.63. The molecule has 1 aromatic rings. The van der Waals surface area contributed by atoms with Crippen molar-refractivity contribution in [1.82, 2.24) is 4.98 Å². The Morgan fingerprint density at radius 2 is 2.50 bits per heavy atom. The van der Waals surface area contributed by atoms with Gasteiger partial charge in [-0.1, -0.05) is 0 Å². The number of aryl methyl sites for hydroxylation is 2. The van der Waals surface area contributed by atoms with Crippen LogP contribution in [0.25, 0.3) is 0 Å². The van der Waals surface area contributed by atoms with Crippen LogP contribution in [0.1, 0.15) is 18.7 Å². The highest BCUT2D eigenvalue weighted by Crippen LogP contribution is 1.93.